The number of methoxy groups -OCH3 is 2. The van der Waals surface area contributed by atoms with Gasteiger partial charge < -0.3 is 94.5 Å². The first-order chi connectivity index (χ1) is 28.8. The van der Waals surface area contributed by atoms with Gasteiger partial charge >= 0.3 is 6.09 Å². The predicted octanol–water partition coefficient (Wildman–Crippen LogP) is -3.75. The van der Waals surface area contributed by atoms with Gasteiger partial charge in [-0.3, -0.25) is 14.4 Å². The first-order valence-electron chi connectivity index (χ1n) is 20.3. The topological polar surface area (TPSA) is 321 Å². The van der Waals surface area contributed by atoms with Crippen LogP contribution >= 0.6 is 0 Å². The number of amides is 4. The van der Waals surface area contributed by atoms with E-state index in [0.717, 1.165) is 0 Å². The molecule has 0 aromatic rings. The summed E-state index contributed by atoms with van der Waals surface area (Å²) in [5, 5.41) is 74.4. The molecule has 0 aliphatic carbocycles. The van der Waals surface area contributed by atoms with E-state index in [2.05, 4.69) is 21.3 Å². The second kappa shape index (κ2) is 27.3. The smallest absolute Gasteiger partial charge is 0.407 e. The van der Waals surface area contributed by atoms with Crippen molar-refractivity contribution in [2.45, 2.75) is 127 Å². The molecule has 0 radical (unpaired) electrons. The zero-order chi connectivity index (χ0) is 45.9. The average molecular weight is 887 g/mol. The van der Waals surface area contributed by atoms with Gasteiger partial charge in [0.2, 0.25) is 17.7 Å². The molecule has 2 aliphatic rings. The normalized spacial score (nSPS) is 28.3. The van der Waals surface area contributed by atoms with Crippen molar-refractivity contribution in [1.82, 2.24) is 21.3 Å². The fourth-order valence-electron chi connectivity index (χ4n) is 6.76. The molecule has 0 aromatic heterocycles. The Morgan fingerprint density at radius 3 is 2.08 bits per heavy atom. The Morgan fingerprint density at radius 1 is 0.852 bits per heavy atom. The number of ether oxygens (including phenoxy) is 9. The number of hydrogen-bond donors (Lipinski definition) is 10. The van der Waals surface area contributed by atoms with Gasteiger partial charge in [0.1, 0.15) is 55.3 Å². The quantitative estimate of drug-likeness (QED) is 0.0354. The van der Waals surface area contributed by atoms with Crippen LogP contribution in [-0.2, 0) is 57.0 Å². The molecule has 0 saturated carbocycles. The number of rotatable bonds is 27. The van der Waals surface area contributed by atoms with Crippen LogP contribution in [0.2, 0.25) is 0 Å². The van der Waals surface area contributed by atoms with Gasteiger partial charge in [-0.05, 0) is 18.8 Å². The van der Waals surface area contributed by atoms with Gasteiger partial charge in [0.25, 0.3) is 0 Å². The van der Waals surface area contributed by atoms with Crippen molar-refractivity contribution in [3.05, 3.63) is 0 Å². The molecular weight excluding hydrogens is 816 g/mol. The predicted molar refractivity (Wildman–Crippen MR) is 210 cm³/mol. The van der Waals surface area contributed by atoms with Crippen LogP contribution in [-0.4, -0.2) is 214 Å². The van der Waals surface area contributed by atoms with Crippen molar-refractivity contribution < 1.29 is 92.4 Å². The molecule has 2 rings (SSSR count). The van der Waals surface area contributed by atoms with E-state index >= 15 is 0 Å². The van der Waals surface area contributed by atoms with Crippen molar-refractivity contribution >= 4 is 23.8 Å². The molecule has 10 N–H and O–H groups in total. The molecule has 23 nitrogen and oxygen atoms in total. The van der Waals surface area contributed by atoms with E-state index in [1.165, 1.54) is 28.1 Å². The van der Waals surface area contributed by atoms with Gasteiger partial charge in [-0.2, -0.15) is 0 Å². The van der Waals surface area contributed by atoms with E-state index in [1.54, 1.807) is 0 Å². The summed E-state index contributed by atoms with van der Waals surface area (Å²) in [6.45, 7) is 8.83. The van der Waals surface area contributed by atoms with Crippen LogP contribution in [0.1, 0.15) is 48.0 Å². The summed E-state index contributed by atoms with van der Waals surface area (Å²) in [7, 11) is 2.93. The zero-order valence-corrected chi connectivity index (χ0v) is 36.4. The second-order valence-electron chi connectivity index (χ2n) is 15.7. The molecule has 0 bridgehead atoms. The molecule has 356 valence electrons. The highest BCUT2D eigenvalue weighted by molar-refractivity contribution is 5.89. The molecule has 2 saturated heterocycles. The summed E-state index contributed by atoms with van der Waals surface area (Å²) in [4.78, 5) is 50.7. The number of nitrogens with one attached hydrogen (secondary N) is 4. The number of alkyl carbamates (subject to hydrolysis) is 1. The number of aliphatic hydroxyl groups is 6. The number of aliphatic hydroxyl groups excluding tert-OH is 6. The van der Waals surface area contributed by atoms with E-state index in [-0.39, 0.29) is 57.4 Å². The maximum Gasteiger partial charge on any atom is 0.407 e. The van der Waals surface area contributed by atoms with Gasteiger partial charge in [-0.15, -0.1) is 0 Å². The molecular formula is C38H70N4O19. The molecule has 23 heteroatoms. The van der Waals surface area contributed by atoms with E-state index in [0.29, 0.717) is 13.2 Å². The number of carbonyl (C=O) groups is 4. The second-order valence-corrected chi connectivity index (χ2v) is 15.7. The SMILES string of the molecule is COCCOCCOCC(NC(=O)OCCOC)C(=O)NCC(=O)N[C@H]1C([C@H](O)[C@H](O)CO)O[C@](C)(OCC2O[C@@H](OC(C(C)C)C(C)C)C(NC(C)=O)[C@@H](O)[C@H]2O)C[C@@H]1O. The highest BCUT2D eigenvalue weighted by atomic mass is 16.7. The fourth-order valence-corrected chi connectivity index (χ4v) is 6.76. The number of carbonyl (C=O) groups excluding carboxylic acids is 4. The molecule has 2 heterocycles. The highest BCUT2D eigenvalue weighted by Gasteiger charge is 2.52. The van der Waals surface area contributed by atoms with Crippen molar-refractivity contribution in [2.75, 3.05) is 80.2 Å². The summed E-state index contributed by atoms with van der Waals surface area (Å²) in [5.41, 5.74) is 0. The lowest BCUT2D eigenvalue weighted by molar-refractivity contribution is -0.336. The Hall–Kier alpha value is -2.88. The van der Waals surface area contributed by atoms with Gasteiger partial charge in [0.05, 0.1) is 77.6 Å². The minimum atomic E-state index is -1.91. The van der Waals surface area contributed by atoms with E-state index in [1.807, 2.05) is 27.7 Å². The minimum absolute atomic E-state index is 0.0109. The molecule has 0 spiro atoms. The fraction of sp³-hybridized carbons (Fsp3) is 0.895. The van der Waals surface area contributed by atoms with Crippen molar-refractivity contribution in [3.63, 3.8) is 0 Å². The zero-order valence-electron chi connectivity index (χ0n) is 36.4. The summed E-state index contributed by atoms with van der Waals surface area (Å²) in [5.74, 6) is -4.00. The van der Waals surface area contributed by atoms with E-state index in [9.17, 15) is 49.8 Å². The van der Waals surface area contributed by atoms with E-state index < -0.39 is 117 Å². The number of hydrogen-bond acceptors (Lipinski definition) is 19. The third-order valence-corrected chi connectivity index (χ3v) is 9.85. The standard InChI is InChI=1S/C38H70N4O19/c1-20(2)33(21(3)4)60-36-29(40-22(5)44)32(50)31(49)26(59-36)19-58-38(6)15-24(45)28(34(61-38)30(48)25(46)17-43)42-27(47)16-39-35(51)23(41-37(52)57-14-10-54-8)18-56-13-12-55-11-9-53-7/h20-21,23-26,28-34,36,43,45-46,48-50H,9-19H2,1-8H3,(H,39,51)(H,40,44)(H,41,52)(H,42,47)/t23?,24-,25+,26?,28+,29?,30+,31-,32+,34?,36-,38-/m0/s1. The van der Waals surface area contributed by atoms with Crippen LogP contribution in [0.5, 0.6) is 0 Å². The van der Waals surface area contributed by atoms with Gasteiger partial charge in [-0.25, -0.2) is 4.79 Å². The minimum Gasteiger partial charge on any atom is -0.447 e. The monoisotopic (exact) mass is 886 g/mol. The van der Waals surface area contributed by atoms with Crippen molar-refractivity contribution in [2.24, 2.45) is 11.8 Å². The highest BCUT2D eigenvalue weighted by Crippen LogP contribution is 2.34. The lowest BCUT2D eigenvalue weighted by atomic mass is 9.89. The van der Waals surface area contributed by atoms with Crippen molar-refractivity contribution in [1.29, 1.82) is 0 Å². The van der Waals surface area contributed by atoms with E-state index in [4.69, 9.17) is 42.6 Å². The summed E-state index contributed by atoms with van der Waals surface area (Å²) in [6.07, 6.45) is -14.2. The summed E-state index contributed by atoms with van der Waals surface area (Å²) >= 11 is 0. The summed E-state index contributed by atoms with van der Waals surface area (Å²) in [6, 6.07) is -3.91. The third kappa shape index (κ3) is 18.0. The van der Waals surface area contributed by atoms with Crippen LogP contribution in [0, 0.1) is 11.8 Å². The maximum atomic E-state index is 13.2. The van der Waals surface area contributed by atoms with Crippen LogP contribution in [0.4, 0.5) is 4.79 Å². The maximum absolute atomic E-state index is 13.2. The average Bonchev–Trinajstić information content (AvgIpc) is 3.20. The van der Waals surface area contributed by atoms with Gasteiger partial charge in [-0.1, -0.05) is 27.7 Å². The molecule has 4 amide bonds. The Morgan fingerprint density at radius 2 is 1.48 bits per heavy atom. The Kier molecular flexibility index (Phi) is 24.3. The molecule has 61 heavy (non-hydrogen) atoms. The molecule has 12 atom stereocenters. The molecule has 4 unspecified atom stereocenters. The molecule has 2 fully saturated rings. The van der Waals surface area contributed by atoms with Crippen LogP contribution in [0.25, 0.3) is 0 Å². The Labute approximate surface area is 356 Å². The van der Waals surface area contributed by atoms with Gasteiger partial charge in [0, 0.05) is 27.6 Å². The Bertz CT molecular complexity index is 1310. The third-order valence-electron chi connectivity index (χ3n) is 9.85. The first kappa shape index (κ1) is 54.3. The Balaban J connectivity index is 2.17. The molecule has 2 aliphatic heterocycles. The lowest BCUT2D eigenvalue weighted by Crippen LogP contribution is -2.67. The molecule has 0 aromatic carbocycles. The van der Waals surface area contributed by atoms with Gasteiger partial charge in [0.15, 0.2) is 12.1 Å². The first-order valence-corrected chi connectivity index (χ1v) is 20.3. The lowest BCUT2D eigenvalue weighted by Gasteiger charge is -2.48. The van der Waals surface area contributed by atoms with Crippen LogP contribution < -0.4 is 21.3 Å². The van der Waals surface area contributed by atoms with Crippen LogP contribution in [0.3, 0.4) is 0 Å². The van der Waals surface area contributed by atoms with Crippen molar-refractivity contribution in [3.8, 4) is 0 Å². The largest absolute Gasteiger partial charge is 0.447 e. The van der Waals surface area contributed by atoms with Crippen LogP contribution in [0.15, 0.2) is 0 Å². The summed E-state index contributed by atoms with van der Waals surface area (Å²) < 4.78 is 49.9.